The van der Waals surface area contributed by atoms with Gasteiger partial charge in [0.25, 0.3) is 5.91 Å². The van der Waals surface area contributed by atoms with Crippen LogP contribution in [-0.4, -0.2) is 42.5 Å². The summed E-state index contributed by atoms with van der Waals surface area (Å²) in [4.78, 5) is 34.4. The van der Waals surface area contributed by atoms with E-state index in [9.17, 15) is 14.4 Å². The molecular formula is C13H16N6O4. The molecule has 0 aliphatic rings. The number of carbonyl (C=O) groups excluding carboxylic acids is 2. The molecule has 2 rings (SSSR count). The van der Waals surface area contributed by atoms with E-state index in [1.165, 1.54) is 27.8 Å². The lowest BCUT2D eigenvalue weighted by Crippen LogP contribution is -2.25. The molecule has 0 spiro atoms. The van der Waals surface area contributed by atoms with E-state index < -0.39 is 23.8 Å². The number of nitrogens with zero attached hydrogens (tertiary/aromatic N) is 4. The molecule has 23 heavy (non-hydrogen) atoms. The zero-order valence-corrected chi connectivity index (χ0v) is 12.6. The molecule has 0 aliphatic heterocycles. The lowest BCUT2D eigenvalue weighted by atomic mass is 10.3. The highest BCUT2D eigenvalue weighted by molar-refractivity contribution is 6.02. The second-order valence-electron chi connectivity index (χ2n) is 4.76. The molecule has 4 N–H and O–H groups in total. The Morgan fingerprint density at radius 1 is 1.39 bits per heavy atom. The number of rotatable bonds is 6. The smallest absolute Gasteiger partial charge is 0.356 e. The number of carboxylic acids is 1. The van der Waals surface area contributed by atoms with Gasteiger partial charge in [0.1, 0.15) is 6.04 Å². The summed E-state index contributed by atoms with van der Waals surface area (Å²) >= 11 is 0. The highest BCUT2D eigenvalue weighted by atomic mass is 16.4. The first-order chi connectivity index (χ1) is 10.8. The molecule has 0 aromatic carbocycles. The van der Waals surface area contributed by atoms with Crippen molar-refractivity contribution in [2.24, 2.45) is 5.73 Å². The van der Waals surface area contributed by atoms with Crippen molar-refractivity contribution in [3.8, 4) is 0 Å². The number of aryl methyl sites for hydroxylation is 1. The molecule has 10 heteroatoms. The normalized spacial score (nSPS) is 11.9. The number of nitrogens with two attached hydrogens (primary N) is 1. The number of aromatic nitrogens is 4. The van der Waals surface area contributed by atoms with Gasteiger partial charge in [-0.1, -0.05) is 0 Å². The monoisotopic (exact) mass is 320 g/mol. The Labute approximate surface area is 130 Å². The summed E-state index contributed by atoms with van der Waals surface area (Å²) in [5.41, 5.74) is 5.22. The highest BCUT2D eigenvalue weighted by Gasteiger charge is 2.21. The van der Waals surface area contributed by atoms with E-state index in [1.54, 1.807) is 6.92 Å². The molecule has 122 valence electrons. The zero-order valence-electron chi connectivity index (χ0n) is 12.6. The van der Waals surface area contributed by atoms with Crippen molar-refractivity contribution in [3.05, 3.63) is 29.8 Å². The average Bonchev–Trinajstić information content (AvgIpc) is 3.13. The van der Waals surface area contributed by atoms with E-state index >= 15 is 0 Å². The van der Waals surface area contributed by atoms with Gasteiger partial charge in [-0.15, -0.1) is 0 Å². The van der Waals surface area contributed by atoms with Gasteiger partial charge in [-0.25, -0.2) is 4.79 Å². The number of amides is 2. The third-order valence-electron chi connectivity index (χ3n) is 3.18. The summed E-state index contributed by atoms with van der Waals surface area (Å²) in [6.07, 6.45) is 2.88. The van der Waals surface area contributed by atoms with E-state index in [4.69, 9.17) is 10.8 Å². The number of anilines is 1. The van der Waals surface area contributed by atoms with Gasteiger partial charge >= 0.3 is 5.97 Å². The van der Waals surface area contributed by atoms with Crippen molar-refractivity contribution in [2.75, 3.05) is 5.32 Å². The molecule has 0 fully saturated rings. The number of carboxylic acid groups (broad SMARTS) is 1. The first-order valence-electron chi connectivity index (χ1n) is 6.80. The molecule has 10 nitrogen and oxygen atoms in total. The molecule has 1 atom stereocenters. The van der Waals surface area contributed by atoms with Gasteiger partial charge < -0.3 is 16.2 Å². The number of primary amides is 1. The van der Waals surface area contributed by atoms with Crippen LogP contribution in [0.4, 0.5) is 5.69 Å². The van der Waals surface area contributed by atoms with Gasteiger partial charge in [-0.05, 0) is 19.9 Å². The quantitative estimate of drug-likeness (QED) is 0.688. The first kappa shape index (κ1) is 16.2. The van der Waals surface area contributed by atoms with Crippen molar-refractivity contribution in [1.29, 1.82) is 0 Å². The van der Waals surface area contributed by atoms with E-state index in [-0.39, 0.29) is 17.1 Å². The van der Waals surface area contributed by atoms with Gasteiger partial charge in [0, 0.05) is 18.9 Å². The van der Waals surface area contributed by atoms with Crippen LogP contribution in [0.1, 0.15) is 40.9 Å². The molecule has 0 aliphatic carbocycles. The predicted octanol–water partition coefficient (Wildman–Crippen LogP) is 0.0963. The van der Waals surface area contributed by atoms with Gasteiger partial charge in [0.05, 0.1) is 5.69 Å². The second-order valence-corrected chi connectivity index (χ2v) is 4.76. The summed E-state index contributed by atoms with van der Waals surface area (Å²) < 4.78 is 2.68. The maximum Gasteiger partial charge on any atom is 0.356 e. The first-order valence-corrected chi connectivity index (χ1v) is 6.80. The van der Waals surface area contributed by atoms with E-state index in [1.807, 2.05) is 6.92 Å². The fourth-order valence-electron chi connectivity index (χ4n) is 1.88. The third kappa shape index (κ3) is 3.36. The predicted molar refractivity (Wildman–Crippen MR) is 78.9 cm³/mol. The minimum atomic E-state index is -1.18. The molecule has 2 amide bonds. The number of hydrogen-bond acceptors (Lipinski definition) is 5. The van der Waals surface area contributed by atoms with Crippen LogP contribution < -0.4 is 11.1 Å². The number of aromatic carboxylic acids is 1. The number of hydrogen-bond donors (Lipinski definition) is 3. The summed E-state index contributed by atoms with van der Waals surface area (Å²) in [6.45, 7) is 3.87. The molecule has 2 aromatic heterocycles. The third-order valence-corrected chi connectivity index (χ3v) is 3.18. The van der Waals surface area contributed by atoms with Crippen molar-refractivity contribution in [3.63, 3.8) is 0 Å². The minimum absolute atomic E-state index is 0.0425. The fourth-order valence-corrected chi connectivity index (χ4v) is 1.88. The largest absolute Gasteiger partial charge is 0.476 e. The Morgan fingerprint density at radius 3 is 2.61 bits per heavy atom. The van der Waals surface area contributed by atoms with Crippen LogP contribution in [0.3, 0.4) is 0 Å². The standard InChI is InChI=1S/C13H16N6O4/c1-3-18-6-9(10(17-18)11(14)20)15-12(21)7(2)19-5-4-8(16-19)13(22)23/h4-7H,3H2,1-2H3,(H2,14,20)(H,15,21)(H,22,23). The minimum Gasteiger partial charge on any atom is -0.476 e. The van der Waals surface area contributed by atoms with E-state index in [0.29, 0.717) is 6.54 Å². The number of carbonyl (C=O) groups is 3. The van der Waals surface area contributed by atoms with E-state index in [2.05, 4.69) is 15.5 Å². The van der Waals surface area contributed by atoms with Crippen molar-refractivity contribution >= 4 is 23.5 Å². The molecule has 2 aromatic rings. The van der Waals surface area contributed by atoms with Crippen molar-refractivity contribution in [2.45, 2.75) is 26.4 Å². The fraction of sp³-hybridized carbons (Fsp3) is 0.308. The van der Waals surface area contributed by atoms with Gasteiger partial charge in [-0.2, -0.15) is 10.2 Å². The van der Waals surface area contributed by atoms with Crippen LogP contribution in [0.5, 0.6) is 0 Å². The summed E-state index contributed by atoms with van der Waals surface area (Å²) in [6, 6.07) is 0.504. The lowest BCUT2D eigenvalue weighted by molar-refractivity contribution is -0.119. The Kier molecular flexibility index (Phi) is 4.44. The zero-order chi connectivity index (χ0) is 17.1. The number of nitrogens with one attached hydrogen (secondary N) is 1. The molecule has 1 unspecified atom stereocenters. The SMILES string of the molecule is CCn1cc(NC(=O)C(C)n2ccc(C(=O)O)n2)c(C(N)=O)n1. The van der Waals surface area contributed by atoms with Crippen molar-refractivity contribution in [1.82, 2.24) is 19.6 Å². The summed E-state index contributed by atoms with van der Waals surface area (Å²) in [5.74, 6) is -2.42. The summed E-state index contributed by atoms with van der Waals surface area (Å²) in [7, 11) is 0. The van der Waals surface area contributed by atoms with Crippen LogP contribution in [0.25, 0.3) is 0 Å². The van der Waals surface area contributed by atoms with Crippen molar-refractivity contribution < 1.29 is 19.5 Å². The summed E-state index contributed by atoms with van der Waals surface area (Å²) in [5, 5.41) is 19.2. The van der Waals surface area contributed by atoms with Gasteiger partial charge in [0.2, 0.25) is 5.91 Å². The molecule has 0 bridgehead atoms. The van der Waals surface area contributed by atoms with E-state index in [0.717, 1.165) is 0 Å². The van der Waals surface area contributed by atoms with Gasteiger partial charge in [0.15, 0.2) is 11.4 Å². The van der Waals surface area contributed by atoms with Crippen LogP contribution >= 0.6 is 0 Å². The maximum atomic E-state index is 12.3. The van der Waals surface area contributed by atoms with Crippen LogP contribution in [-0.2, 0) is 11.3 Å². The average molecular weight is 320 g/mol. The Hall–Kier alpha value is -3.17. The lowest BCUT2D eigenvalue weighted by Gasteiger charge is -2.12. The Balaban J connectivity index is 2.19. The second kappa shape index (κ2) is 6.30. The topological polar surface area (TPSA) is 145 Å². The Bertz CT molecular complexity index is 762. The maximum absolute atomic E-state index is 12.3. The van der Waals surface area contributed by atoms with Gasteiger partial charge in [-0.3, -0.25) is 19.0 Å². The van der Waals surface area contributed by atoms with Crippen LogP contribution in [0.15, 0.2) is 18.5 Å². The molecule has 0 saturated heterocycles. The van der Waals surface area contributed by atoms with Crippen LogP contribution in [0, 0.1) is 0 Å². The highest BCUT2D eigenvalue weighted by Crippen LogP contribution is 2.16. The van der Waals surface area contributed by atoms with Crippen LogP contribution in [0.2, 0.25) is 0 Å². The molecular weight excluding hydrogens is 304 g/mol. The molecule has 0 saturated carbocycles. The Morgan fingerprint density at radius 2 is 2.09 bits per heavy atom. The molecule has 2 heterocycles. The molecule has 0 radical (unpaired) electrons.